The highest BCUT2D eigenvalue weighted by Crippen LogP contribution is 2.30. The molecular formula is C32H43F2N3O12S. The van der Waals surface area contributed by atoms with Crippen molar-refractivity contribution in [1.29, 1.82) is 0 Å². The highest BCUT2D eigenvalue weighted by atomic mass is 32.2. The van der Waals surface area contributed by atoms with Crippen LogP contribution in [0.3, 0.4) is 0 Å². The zero-order valence-electron chi connectivity index (χ0n) is 27.9. The average molecular weight is 732 g/mol. The molecule has 0 spiro atoms. The second kappa shape index (κ2) is 21.9. The molecule has 50 heavy (non-hydrogen) atoms. The van der Waals surface area contributed by atoms with Crippen LogP contribution < -0.4 is 20.1 Å². The van der Waals surface area contributed by atoms with E-state index in [1.807, 2.05) is 0 Å². The summed E-state index contributed by atoms with van der Waals surface area (Å²) in [6.07, 6.45) is -2.52. The first kappa shape index (κ1) is 42.1. The highest BCUT2D eigenvalue weighted by Gasteiger charge is 2.29. The maximum absolute atomic E-state index is 14.6. The highest BCUT2D eigenvalue weighted by molar-refractivity contribution is 7.89. The van der Waals surface area contributed by atoms with Gasteiger partial charge in [-0.25, -0.2) is 26.7 Å². The lowest BCUT2D eigenvalue weighted by Gasteiger charge is -2.16. The number of likely N-dealkylation sites (N-methyl/N-ethyl adjacent to an activating group) is 1. The summed E-state index contributed by atoms with van der Waals surface area (Å²) in [5.74, 6) is -5.16. The maximum atomic E-state index is 14.6. The predicted octanol–water partition coefficient (Wildman–Crippen LogP) is 1.03. The van der Waals surface area contributed by atoms with E-state index in [4.69, 9.17) is 23.7 Å². The zero-order chi connectivity index (χ0) is 37.1. The van der Waals surface area contributed by atoms with Crippen molar-refractivity contribution in [3.05, 3.63) is 59.2 Å². The van der Waals surface area contributed by atoms with Crippen LogP contribution in [0.15, 0.2) is 46.9 Å². The monoisotopic (exact) mass is 731 g/mol. The van der Waals surface area contributed by atoms with E-state index in [0.29, 0.717) is 0 Å². The number of halogens is 2. The Morgan fingerprint density at radius 3 is 1.88 bits per heavy atom. The molecule has 0 aliphatic carbocycles. The zero-order valence-corrected chi connectivity index (χ0v) is 28.7. The van der Waals surface area contributed by atoms with Crippen LogP contribution in [0.25, 0.3) is 6.08 Å². The number of esters is 1. The lowest BCUT2D eigenvalue weighted by molar-refractivity contribution is -0.146. The number of rotatable bonds is 23. The van der Waals surface area contributed by atoms with E-state index in [0.717, 1.165) is 12.1 Å². The second-order valence-corrected chi connectivity index (χ2v) is 12.0. The SMILES string of the molecule is CCNC(=O)[C@H](O)[C@@H](O)C(=O)NCCOCCOCCOCCNS(=O)(=O)c1ccc(Oc2c(F)cc(/C=C(\C)C(=O)OCC)cc2F)cc1. The molecular weight excluding hydrogens is 688 g/mol. The number of hydrogen-bond acceptors (Lipinski definition) is 12. The minimum absolute atomic E-state index is 0.0151. The first-order valence-corrected chi connectivity index (χ1v) is 17.1. The van der Waals surface area contributed by atoms with E-state index in [-0.39, 0.29) is 87.7 Å². The van der Waals surface area contributed by atoms with Gasteiger partial charge in [0.25, 0.3) is 11.8 Å². The lowest BCUT2D eigenvalue weighted by Crippen LogP contribution is -2.49. The van der Waals surface area contributed by atoms with Crippen molar-refractivity contribution in [2.24, 2.45) is 0 Å². The maximum Gasteiger partial charge on any atom is 0.333 e. The third kappa shape index (κ3) is 14.4. The van der Waals surface area contributed by atoms with Crippen molar-refractivity contribution in [3.8, 4) is 11.5 Å². The minimum Gasteiger partial charge on any atom is -0.463 e. The number of amides is 2. The molecule has 2 aromatic carbocycles. The Labute approximate surface area is 288 Å². The first-order valence-electron chi connectivity index (χ1n) is 15.6. The second-order valence-electron chi connectivity index (χ2n) is 10.2. The van der Waals surface area contributed by atoms with Gasteiger partial charge in [0.15, 0.2) is 29.6 Å². The Kier molecular flexibility index (Phi) is 18.5. The van der Waals surface area contributed by atoms with Gasteiger partial charge >= 0.3 is 5.97 Å². The molecule has 2 rings (SSSR count). The number of aliphatic hydroxyl groups excluding tert-OH is 2. The van der Waals surface area contributed by atoms with E-state index < -0.39 is 57.4 Å². The molecule has 0 heterocycles. The number of carbonyl (C=O) groups is 3. The molecule has 0 aliphatic heterocycles. The summed E-state index contributed by atoms with van der Waals surface area (Å²) >= 11 is 0. The summed E-state index contributed by atoms with van der Waals surface area (Å²) in [7, 11) is -3.92. The van der Waals surface area contributed by atoms with Gasteiger partial charge in [0.1, 0.15) is 5.75 Å². The molecule has 2 aromatic rings. The van der Waals surface area contributed by atoms with E-state index in [9.17, 15) is 41.8 Å². The fourth-order valence-corrected chi connectivity index (χ4v) is 4.92. The van der Waals surface area contributed by atoms with Gasteiger partial charge in [-0.2, -0.15) is 0 Å². The smallest absolute Gasteiger partial charge is 0.333 e. The molecule has 0 saturated heterocycles. The number of hydrogen-bond donors (Lipinski definition) is 5. The third-order valence-corrected chi connectivity index (χ3v) is 7.85. The fraction of sp³-hybridized carbons (Fsp3) is 0.469. The summed E-state index contributed by atoms with van der Waals surface area (Å²) in [4.78, 5) is 34.9. The molecule has 15 nitrogen and oxygen atoms in total. The van der Waals surface area contributed by atoms with Gasteiger partial charge in [-0.3, -0.25) is 9.59 Å². The first-order chi connectivity index (χ1) is 23.8. The molecule has 0 radical (unpaired) electrons. The third-order valence-electron chi connectivity index (χ3n) is 6.37. The van der Waals surface area contributed by atoms with Crippen LogP contribution in [0.2, 0.25) is 0 Å². The summed E-state index contributed by atoms with van der Waals surface area (Å²) in [6, 6.07) is 6.88. The summed E-state index contributed by atoms with van der Waals surface area (Å²) in [5, 5.41) is 23.9. The van der Waals surface area contributed by atoms with Crippen molar-refractivity contribution in [1.82, 2.24) is 15.4 Å². The molecule has 0 aromatic heterocycles. The van der Waals surface area contributed by atoms with Gasteiger partial charge in [0.05, 0.1) is 51.1 Å². The van der Waals surface area contributed by atoms with Gasteiger partial charge in [0, 0.05) is 25.2 Å². The van der Waals surface area contributed by atoms with E-state index in [1.54, 1.807) is 13.8 Å². The Morgan fingerprint density at radius 2 is 1.34 bits per heavy atom. The molecule has 0 unspecified atom stereocenters. The van der Waals surface area contributed by atoms with Crippen LogP contribution in [0, 0.1) is 11.6 Å². The van der Waals surface area contributed by atoms with Crippen molar-refractivity contribution < 1.29 is 65.5 Å². The number of benzene rings is 2. The molecule has 0 aliphatic rings. The number of sulfonamides is 1. The molecule has 5 N–H and O–H groups in total. The van der Waals surface area contributed by atoms with E-state index in [2.05, 4.69) is 15.4 Å². The van der Waals surface area contributed by atoms with Gasteiger partial charge in [-0.05, 0) is 68.8 Å². The Hall–Kier alpha value is -4.04. The minimum atomic E-state index is -3.92. The van der Waals surface area contributed by atoms with Crippen molar-refractivity contribution in [2.45, 2.75) is 37.9 Å². The lowest BCUT2D eigenvalue weighted by atomic mass is 10.1. The van der Waals surface area contributed by atoms with Crippen molar-refractivity contribution >= 4 is 33.9 Å². The Morgan fingerprint density at radius 1 is 0.820 bits per heavy atom. The number of carbonyl (C=O) groups excluding carboxylic acids is 3. The van der Waals surface area contributed by atoms with Crippen LogP contribution in [0.1, 0.15) is 26.3 Å². The number of aliphatic hydroxyl groups is 2. The summed E-state index contributed by atoms with van der Waals surface area (Å²) in [6.45, 7) is 6.00. The Bertz CT molecular complexity index is 1520. The van der Waals surface area contributed by atoms with Gasteiger partial charge in [-0.1, -0.05) is 0 Å². The van der Waals surface area contributed by atoms with Gasteiger partial charge in [0.2, 0.25) is 10.0 Å². The van der Waals surface area contributed by atoms with E-state index >= 15 is 0 Å². The Balaban J connectivity index is 1.64. The van der Waals surface area contributed by atoms with E-state index in [1.165, 1.54) is 37.3 Å². The van der Waals surface area contributed by atoms with Crippen molar-refractivity contribution in [3.63, 3.8) is 0 Å². The molecule has 2 amide bonds. The largest absolute Gasteiger partial charge is 0.463 e. The summed E-state index contributed by atoms with van der Waals surface area (Å²) < 4.78 is 82.9. The molecule has 0 fully saturated rings. The van der Waals surface area contributed by atoms with Gasteiger partial charge in [-0.15, -0.1) is 0 Å². The van der Waals surface area contributed by atoms with Crippen LogP contribution in [-0.2, 0) is 43.4 Å². The fourth-order valence-electron chi connectivity index (χ4n) is 3.91. The van der Waals surface area contributed by atoms with Crippen molar-refractivity contribution in [2.75, 3.05) is 65.9 Å². The molecule has 2 atom stereocenters. The molecule has 0 bridgehead atoms. The van der Waals surface area contributed by atoms with Crippen LogP contribution in [0.4, 0.5) is 8.78 Å². The standard InChI is InChI=1S/C32H43F2N3O12S/c1-4-35-30(40)27(38)28(39)31(41)36-10-12-45-14-16-47-17-15-46-13-11-37-50(43,44)24-8-6-23(7-9-24)49-29-25(33)19-22(20-26(29)34)18-21(3)32(42)48-5-2/h6-9,18-20,27-28,37-39H,4-5,10-17H2,1-3H3,(H,35,40)(H,36,41)/b21-18+/t27-,28-/m1/s1. The molecule has 0 saturated carbocycles. The topological polar surface area (TPSA) is 208 Å². The average Bonchev–Trinajstić information content (AvgIpc) is 3.08. The number of nitrogens with one attached hydrogen (secondary N) is 3. The van der Waals surface area contributed by atoms with Crippen LogP contribution in [0.5, 0.6) is 11.5 Å². The predicted molar refractivity (Wildman–Crippen MR) is 175 cm³/mol. The van der Waals surface area contributed by atoms with Crippen LogP contribution in [-0.4, -0.2) is 115 Å². The summed E-state index contributed by atoms with van der Waals surface area (Å²) in [5.41, 5.74) is 0.241. The normalized spacial score (nSPS) is 13.0. The molecule has 18 heteroatoms. The van der Waals surface area contributed by atoms with Gasteiger partial charge < -0.3 is 44.5 Å². The quantitative estimate of drug-likeness (QED) is 0.0617. The van der Waals surface area contributed by atoms with Crippen LogP contribution >= 0.6 is 0 Å². The molecule has 278 valence electrons. The number of ether oxygens (including phenoxy) is 5.